The molecule has 0 amide bonds. The van der Waals surface area contributed by atoms with E-state index in [1.807, 2.05) is 47.1 Å². The van der Waals surface area contributed by atoms with Crippen molar-refractivity contribution in [3.05, 3.63) is 73.3 Å². The highest BCUT2D eigenvalue weighted by atomic mass is 16.5. The number of nitrogen functional groups attached to an aromatic ring is 1. The van der Waals surface area contributed by atoms with Crippen molar-refractivity contribution >= 4 is 27.9 Å². The van der Waals surface area contributed by atoms with E-state index < -0.39 is 0 Å². The monoisotopic (exact) mass is 373 g/mol. The van der Waals surface area contributed by atoms with Crippen LogP contribution in [0.1, 0.15) is 12.8 Å². The number of nitrogens with two attached hydrogens (primary N) is 1. The molecule has 0 aliphatic rings. The standard InChI is InChI=1S/C22H23N5O/c1-16(15-28-17-7-8-21-25-12-13-27(21)14-17)4-3-10-24-20-6-2-5-19-18(20)9-11-26-22(19)23/h2,5-9,11-14,24H,1,3-4,10,15H2,(H2,23,26). The van der Waals surface area contributed by atoms with Gasteiger partial charge in [0.2, 0.25) is 0 Å². The Kier molecular flexibility index (Phi) is 5.10. The molecule has 1 aromatic carbocycles. The molecule has 0 aliphatic carbocycles. The van der Waals surface area contributed by atoms with E-state index in [2.05, 4.69) is 27.9 Å². The molecule has 0 bridgehead atoms. The fraction of sp³-hybridized carbons (Fsp3) is 0.182. The molecule has 0 saturated carbocycles. The lowest BCUT2D eigenvalue weighted by molar-refractivity contribution is 0.345. The zero-order valence-electron chi connectivity index (χ0n) is 15.6. The number of nitrogens with zero attached hydrogens (tertiary/aromatic N) is 3. The Morgan fingerprint density at radius 1 is 1.11 bits per heavy atom. The van der Waals surface area contributed by atoms with Crippen LogP contribution in [0.25, 0.3) is 16.4 Å². The van der Waals surface area contributed by atoms with Crippen LogP contribution < -0.4 is 15.8 Å². The van der Waals surface area contributed by atoms with Crippen LogP contribution in [0.2, 0.25) is 0 Å². The lowest BCUT2D eigenvalue weighted by Gasteiger charge is -2.12. The molecule has 3 heterocycles. The number of pyridine rings is 2. The minimum absolute atomic E-state index is 0.511. The number of anilines is 2. The van der Waals surface area contributed by atoms with E-state index in [0.29, 0.717) is 12.4 Å². The van der Waals surface area contributed by atoms with Gasteiger partial charge in [0, 0.05) is 41.6 Å². The van der Waals surface area contributed by atoms with E-state index >= 15 is 0 Å². The maximum atomic E-state index is 5.96. The van der Waals surface area contributed by atoms with E-state index in [1.165, 1.54) is 0 Å². The molecule has 4 aromatic rings. The summed E-state index contributed by atoms with van der Waals surface area (Å²) < 4.78 is 7.78. The van der Waals surface area contributed by atoms with Crippen LogP contribution in [0.5, 0.6) is 5.75 Å². The molecule has 0 fully saturated rings. The highest BCUT2D eigenvalue weighted by Crippen LogP contribution is 2.26. The summed E-state index contributed by atoms with van der Waals surface area (Å²) in [5, 5.41) is 5.55. The van der Waals surface area contributed by atoms with Crippen LogP contribution >= 0.6 is 0 Å². The first-order valence-corrected chi connectivity index (χ1v) is 9.30. The third kappa shape index (κ3) is 3.91. The maximum absolute atomic E-state index is 5.96. The third-order valence-electron chi connectivity index (χ3n) is 4.66. The molecule has 3 aromatic heterocycles. The van der Waals surface area contributed by atoms with E-state index in [-0.39, 0.29) is 0 Å². The average Bonchev–Trinajstić information content (AvgIpc) is 3.18. The van der Waals surface area contributed by atoms with Gasteiger partial charge in [-0.3, -0.25) is 0 Å². The predicted octanol–water partition coefficient (Wildman–Crippen LogP) is 4.29. The van der Waals surface area contributed by atoms with Gasteiger partial charge < -0.3 is 20.2 Å². The number of hydrogen-bond acceptors (Lipinski definition) is 5. The number of imidazole rings is 1. The second-order valence-electron chi connectivity index (χ2n) is 6.72. The molecule has 0 unspecified atom stereocenters. The zero-order chi connectivity index (χ0) is 19.3. The van der Waals surface area contributed by atoms with Crippen molar-refractivity contribution in [2.45, 2.75) is 12.8 Å². The Balaban J connectivity index is 1.25. The van der Waals surface area contributed by atoms with Gasteiger partial charge >= 0.3 is 0 Å². The van der Waals surface area contributed by atoms with Crippen LogP contribution in [-0.2, 0) is 0 Å². The highest BCUT2D eigenvalue weighted by Gasteiger charge is 2.04. The summed E-state index contributed by atoms with van der Waals surface area (Å²) in [6, 6.07) is 11.9. The molecule has 4 rings (SSSR count). The minimum atomic E-state index is 0.511. The Labute approximate surface area is 163 Å². The largest absolute Gasteiger partial charge is 0.488 e. The zero-order valence-corrected chi connectivity index (χ0v) is 15.6. The van der Waals surface area contributed by atoms with Gasteiger partial charge in [-0.05, 0) is 42.7 Å². The Morgan fingerprint density at radius 2 is 2.04 bits per heavy atom. The van der Waals surface area contributed by atoms with Gasteiger partial charge in [0.1, 0.15) is 23.8 Å². The average molecular weight is 373 g/mol. The second kappa shape index (κ2) is 8.00. The van der Waals surface area contributed by atoms with Crippen molar-refractivity contribution in [1.29, 1.82) is 0 Å². The van der Waals surface area contributed by atoms with E-state index in [4.69, 9.17) is 10.5 Å². The normalized spacial score (nSPS) is 11.0. The second-order valence-corrected chi connectivity index (χ2v) is 6.72. The van der Waals surface area contributed by atoms with Gasteiger partial charge in [0.15, 0.2) is 0 Å². The van der Waals surface area contributed by atoms with E-state index in [0.717, 1.165) is 52.8 Å². The fourth-order valence-corrected chi connectivity index (χ4v) is 3.19. The summed E-state index contributed by atoms with van der Waals surface area (Å²) in [4.78, 5) is 8.37. The van der Waals surface area contributed by atoms with Crippen molar-refractivity contribution in [2.24, 2.45) is 0 Å². The molecule has 0 radical (unpaired) electrons. The fourth-order valence-electron chi connectivity index (χ4n) is 3.19. The van der Waals surface area contributed by atoms with Gasteiger partial charge in [-0.15, -0.1) is 0 Å². The van der Waals surface area contributed by atoms with Gasteiger partial charge in [0.25, 0.3) is 0 Å². The number of ether oxygens (including phenoxy) is 1. The highest BCUT2D eigenvalue weighted by molar-refractivity contribution is 5.99. The number of fused-ring (bicyclic) bond motifs is 2. The molecule has 0 saturated heterocycles. The van der Waals surface area contributed by atoms with Crippen LogP contribution in [0.3, 0.4) is 0 Å². The smallest absolute Gasteiger partial charge is 0.136 e. The summed E-state index contributed by atoms with van der Waals surface area (Å²) >= 11 is 0. The van der Waals surface area contributed by atoms with Gasteiger partial charge in [-0.1, -0.05) is 18.7 Å². The van der Waals surface area contributed by atoms with Crippen molar-refractivity contribution in [1.82, 2.24) is 14.4 Å². The molecule has 3 N–H and O–H groups in total. The molecule has 0 aliphatic heterocycles. The van der Waals surface area contributed by atoms with E-state index in [9.17, 15) is 0 Å². The topological polar surface area (TPSA) is 77.5 Å². The van der Waals surface area contributed by atoms with Crippen LogP contribution in [-0.4, -0.2) is 27.5 Å². The van der Waals surface area contributed by atoms with Crippen molar-refractivity contribution in [3.8, 4) is 5.75 Å². The molecule has 142 valence electrons. The lowest BCUT2D eigenvalue weighted by atomic mass is 10.1. The van der Waals surface area contributed by atoms with Gasteiger partial charge in [0.05, 0.1) is 6.20 Å². The molecular formula is C22H23N5O. The quantitative estimate of drug-likeness (QED) is 0.356. The summed E-state index contributed by atoms with van der Waals surface area (Å²) in [5.41, 5.74) is 9.00. The Bertz CT molecular complexity index is 1120. The van der Waals surface area contributed by atoms with Crippen molar-refractivity contribution in [2.75, 3.05) is 24.2 Å². The van der Waals surface area contributed by atoms with Crippen LogP contribution in [0.15, 0.2) is 73.3 Å². The third-order valence-corrected chi connectivity index (χ3v) is 4.66. The first-order chi connectivity index (χ1) is 13.7. The van der Waals surface area contributed by atoms with Crippen LogP contribution in [0.4, 0.5) is 11.5 Å². The minimum Gasteiger partial charge on any atom is -0.488 e. The predicted molar refractivity (Wildman–Crippen MR) is 114 cm³/mol. The molecule has 0 spiro atoms. The first-order valence-electron chi connectivity index (χ1n) is 9.30. The molecule has 6 nitrogen and oxygen atoms in total. The number of aromatic nitrogens is 3. The first kappa shape index (κ1) is 17.9. The maximum Gasteiger partial charge on any atom is 0.136 e. The van der Waals surface area contributed by atoms with Gasteiger partial charge in [-0.2, -0.15) is 0 Å². The number of hydrogen-bond donors (Lipinski definition) is 2. The lowest BCUT2D eigenvalue weighted by Crippen LogP contribution is -2.06. The summed E-state index contributed by atoms with van der Waals surface area (Å²) in [7, 11) is 0. The molecule has 28 heavy (non-hydrogen) atoms. The summed E-state index contributed by atoms with van der Waals surface area (Å²) in [5.74, 6) is 1.37. The van der Waals surface area contributed by atoms with Crippen LogP contribution in [0, 0.1) is 0 Å². The number of rotatable bonds is 8. The van der Waals surface area contributed by atoms with Gasteiger partial charge in [-0.25, -0.2) is 9.97 Å². The summed E-state index contributed by atoms with van der Waals surface area (Å²) in [6.45, 7) is 5.49. The molecule has 0 atom stereocenters. The molecule has 6 heteroatoms. The SMILES string of the molecule is C=C(CCCNc1cccc2c(N)nccc12)COc1ccc2nccn2c1. The summed E-state index contributed by atoms with van der Waals surface area (Å²) in [6.07, 6.45) is 9.21. The number of nitrogens with one attached hydrogen (secondary N) is 1. The van der Waals surface area contributed by atoms with E-state index in [1.54, 1.807) is 12.4 Å². The van der Waals surface area contributed by atoms with Crippen molar-refractivity contribution in [3.63, 3.8) is 0 Å². The van der Waals surface area contributed by atoms with Crippen molar-refractivity contribution < 1.29 is 4.74 Å². The Morgan fingerprint density at radius 3 is 2.96 bits per heavy atom. The Hall–Kier alpha value is -3.54. The number of benzene rings is 1. The molecular weight excluding hydrogens is 350 g/mol.